The number of benzene rings is 1. The molecule has 1 aromatic rings. The van der Waals surface area contributed by atoms with Gasteiger partial charge in [0.25, 0.3) is 0 Å². The van der Waals surface area contributed by atoms with Crippen molar-refractivity contribution < 1.29 is 14.4 Å². The SMILES string of the molecule is Cc1cc(F)ccc1NC(=O)C(C(N)=NO)C(C)C. The first-order valence-electron chi connectivity index (χ1n) is 5.91. The van der Waals surface area contributed by atoms with E-state index in [9.17, 15) is 9.18 Å². The summed E-state index contributed by atoms with van der Waals surface area (Å²) >= 11 is 0. The van der Waals surface area contributed by atoms with Crippen LogP contribution in [0, 0.1) is 24.6 Å². The maximum Gasteiger partial charge on any atom is 0.235 e. The zero-order valence-corrected chi connectivity index (χ0v) is 11.1. The molecule has 4 N–H and O–H groups in total. The second-order valence-electron chi connectivity index (χ2n) is 4.70. The number of aryl methyl sites for hydroxylation is 1. The lowest BCUT2D eigenvalue weighted by Crippen LogP contribution is -2.38. The third-order valence-corrected chi connectivity index (χ3v) is 2.83. The number of rotatable bonds is 4. The molecule has 1 aromatic carbocycles. The van der Waals surface area contributed by atoms with E-state index in [1.54, 1.807) is 20.8 Å². The van der Waals surface area contributed by atoms with Gasteiger partial charge in [-0.1, -0.05) is 19.0 Å². The molecular weight excluding hydrogens is 249 g/mol. The molecule has 19 heavy (non-hydrogen) atoms. The minimum absolute atomic E-state index is 0.128. The highest BCUT2D eigenvalue weighted by Crippen LogP contribution is 2.19. The molecule has 104 valence electrons. The summed E-state index contributed by atoms with van der Waals surface area (Å²) < 4.78 is 13.0. The van der Waals surface area contributed by atoms with Crippen molar-refractivity contribution in [3.63, 3.8) is 0 Å². The smallest absolute Gasteiger partial charge is 0.235 e. The second kappa shape index (κ2) is 6.17. The van der Waals surface area contributed by atoms with E-state index < -0.39 is 5.92 Å². The molecule has 0 radical (unpaired) electrons. The molecule has 1 unspecified atom stereocenters. The van der Waals surface area contributed by atoms with E-state index in [2.05, 4.69) is 10.5 Å². The third-order valence-electron chi connectivity index (χ3n) is 2.83. The van der Waals surface area contributed by atoms with Crippen molar-refractivity contribution in [1.82, 2.24) is 0 Å². The van der Waals surface area contributed by atoms with Gasteiger partial charge in [0.1, 0.15) is 11.7 Å². The van der Waals surface area contributed by atoms with Gasteiger partial charge in [0, 0.05) is 5.69 Å². The lowest BCUT2D eigenvalue weighted by atomic mass is 9.93. The van der Waals surface area contributed by atoms with Crippen LogP contribution in [0.4, 0.5) is 10.1 Å². The summed E-state index contributed by atoms with van der Waals surface area (Å²) in [6, 6.07) is 4.06. The molecule has 0 fully saturated rings. The van der Waals surface area contributed by atoms with Crippen molar-refractivity contribution in [2.24, 2.45) is 22.7 Å². The van der Waals surface area contributed by atoms with Gasteiger partial charge < -0.3 is 16.3 Å². The highest BCUT2D eigenvalue weighted by Gasteiger charge is 2.27. The van der Waals surface area contributed by atoms with E-state index in [1.807, 2.05) is 0 Å². The van der Waals surface area contributed by atoms with Crippen LogP contribution < -0.4 is 11.1 Å². The molecule has 0 bridgehead atoms. The molecular formula is C13H18FN3O2. The molecule has 0 aliphatic heterocycles. The molecule has 0 heterocycles. The Hall–Kier alpha value is -2.11. The summed E-state index contributed by atoms with van der Waals surface area (Å²) in [5, 5.41) is 14.2. The Bertz CT molecular complexity index is 501. The lowest BCUT2D eigenvalue weighted by molar-refractivity contribution is -0.119. The van der Waals surface area contributed by atoms with Crippen LogP contribution in [0.5, 0.6) is 0 Å². The van der Waals surface area contributed by atoms with Crippen molar-refractivity contribution >= 4 is 17.4 Å². The monoisotopic (exact) mass is 267 g/mol. The number of nitrogens with two attached hydrogens (primary N) is 1. The number of anilines is 1. The number of halogens is 1. The number of hydrogen-bond acceptors (Lipinski definition) is 3. The number of carbonyl (C=O) groups is 1. The fourth-order valence-electron chi connectivity index (χ4n) is 1.82. The number of nitrogens with zero attached hydrogens (tertiary/aromatic N) is 1. The van der Waals surface area contributed by atoms with Gasteiger partial charge in [-0.15, -0.1) is 0 Å². The van der Waals surface area contributed by atoms with Crippen LogP contribution in [0.15, 0.2) is 23.4 Å². The van der Waals surface area contributed by atoms with Crippen LogP contribution in [0.1, 0.15) is 19.4 Å². The summed E-state index contributed by atoms with van der Waals surface area (Å²) in [6.45, 7) is 5.27. The first kappa shape index (κ1) is 14.9. The van der Waals surface area contributed by atoms with Crippen LogP contribution in [0.3, 0.4) is 0 Å². The Labute approximate surface area is 111 Å². The van der Waals surface area contributed by atoms with Crippen molar-refractivity contribution in [2.75, 3.05) is 5.32 Å². The van der Waals surface area contributed by atoms with Crippen LogP contribution in [0.25, 0.3) is 0 Å². The van der Waals surface area contributed by atoms with Crippen molar-refractivity contribution in [3.8, 4) is 0 Å². The predicted molar refractivity (Wildman–Crippen MR) is 71.5 cm³/mol. The molecule has 1 atom stereocenters. The summed E-state index contributed by atoms with van der Waals surface area (Å²) in [5.74, 6) is -1.77. The second-order valence-corrected chi connectivity index (χ2v) is 4.70. The molecule has 5 nitrogen and oxygen atoms in total. The maximum absolute atomic E-state index is 13.0. The first-order chi connectivity index (χ1) is 8.86. The average Bonchev–Trinajstić information content (AvgIpc) is 2.32. The molecule has 0 spiro atoms. The molecule has 6 heteroatoms. The predicted octanol–water partition coefficient (Wildman–Crippen LogP) is 2.09. The fraction of sp³-hybridized carbons (Fsp3) is 0.385. The van der Waals surface area contributed by atoms with E-state index in [0.29, 0.717) is 11.3 Å². The van der Waals surface area contributed by atoms with Gasteiger partial charge >= 0.3 is 0 Å². The van der Waals surface area contributed by atoms with Crippen LogP contribution in [-0.4, -0.2) is 17.0 Å². The number of hydrogen-bond donors (Lipinski definition) is 3. The molecule has 1 rings (SSSR count). The number of amides is 1. The highest BCUT2D eigenvalue weighted by atomic mass is 19.1. The number of oxime groups is 1. The van der Waals surface area contributed by atoms with Gasteiger partial charge in [-0.05, 0) is 36.6 Å². The summed E-state index contributed by atoms with van der Waals surface area (Å²) in [7, 11) is 0. The molecule has 0 aliphatic carbocycles. The summed E-state index contributed by atoms with van der Waals surface area (Å²) in [5.41, 5.74) is 6.62. The lowest BCUT2D eigenvalue weighted by Gasteiger charge is -2.19. The van der Waals surface area contributed by atoms with Gasteiger partial charge in [-0.25, -0.2) is 4.39 Å². The van der Waals surface area contributed by atoms with Crippen LogP contribution in [0.2, 0.25) is 0 Å². The van der Waals surface area contributed by atoms with Gasteiger partial charge in [0.2, 0.25) is 5.91 Å². The Balaban J connectivity index is 2.94. The van der Waals surface area contributed by atoms with Crippen molar-refractivity contribution in [1.29, 1.82) is 0 Å². The quantitative estimate of drug-likeness (QED) is 0.338. The summed E-state index contributed by atoms with van der Waals surface area (Å²) in [6.07, 6.45) is 0. The van der Waals surface area contributed by atoms with Gasteiger partial charge in [0.05, 0.1) is 0 Å². The highest BCUT2D eigenvalue weighted by molar-refractivity contribution is 6.08. The minimum atomic E-state index is -0.741. The number of amidine groups is 1. The first-order valence-corrected chi connectivity index (χ1v) is 5.91. The van der Waals surface area contributed by atoms with E-state index in [-0.39, 0.29) is 23.5 Å². The Morgan fingerprint density at radius 1 is 1.47 bits per heavy atom. The largest absolute Gasteiger partial charge is 0.409 e. The van der Waals surface area contributed by atoms with Gasteiger partial charge in [-0.2, -0.15) is 0 Å². The number of nitrogens with one attached hydrogen (secondary N) is 1. The van der Waals surface area contributed by atoms with Crippen LogP contribution in [-0.2, 0) is 4.79 Å². The maximum atomic E-state index is 13.0. The molecule has 1 amide bonds. The molecule has 0 saturated carbocycles. The van der Waals surface area contributed by atoms with Gasteiger partial charge in [-0.3, -0.25) is 4.79 Å². The Morgan fingerprint density at radius 2 is 2.11 bits per heavy atom. The van der Waals surface area contributed by atoms with E-state index in [1.165, 1.54) is 18.2 Å². The Kier molecular flexibility index (Phi) is 4.86. The molecule has 0 aromatic heterocycles. The van der Waals surface area contributed by atoms with E-state index in [0.717, 1.165) is 0 Å². The fourth-order valence-corrected chi connectivity index (χ4v) is 1.82. The minimum Gasteiger partial charge on any atom is -0.409 e. The molecule has 0 saturated heterocycles. The summed E-state index contributed by atoms with van der Waals surface area (Å²) in [4.78, 5) is 12.1. The van der Waals surface area contributed by atoms with Gasteiger partial charge in [0.15, 0.2) is 5.84 Å². The average molecular weight is 267 g/mol. The topological polar surface area (TPSA) is 87.7 Å². The normalized spacial score (nSPS) is 13.4. The standard InChI is InChI=1S/C13H18FN3O2/c1-7(2)11(12(15)17-19)13(18)16-10-5-4-9(14)6-8(10)3/h4-7,11,19H,1-3H3,(H2,15,17)(H,16,18). The van der Waals surface area contributed by atoms with Crippen LogP contribution >= 0.6 is 0 Å². The number of carbonyl (C=O) groups excluding carboxylic acids is 1. The van der Waals surface area contributed by atoms with Crippen molar-refractivity contribution in [2.45, 2.75) is 20.8 Å². The zero-order valence-electron chi connectivity index (χ0n) is 11.1. The zero-order chi connectivity index (χ0) is 14.6. The van der Waals surface area contributed by atoms with Crippen molar-refractivity contribution in [3.05, 3.63) is 29.6 Å². The van der Waals surface area contributed by atoms with E-state index >= 15 is 0 Å². The third kappa shape index (κ3) is 3.67. The Morgan fingerprint density at radius 3 is 2.58 bits per heavy atom. The van der Waals surface area contributed by atoms with E-state index in [4.69, 9.17) is 10.9 Å². The molecule has 0 aliphatic rings.